The number of anilines is 1. The van der Waals surface area contributed by atoms with E-state index in [4.69, 9.17) is 0 Å². The fraction of sp³-hybridized carbons (Fsp3) is 0.176. The largest absolute Gasteiger partial charge is 0.508 e. The van der Waals surface area contributed by atoms with Gasteiger partial charge in [0.1, 0.15) is 5.76 Å². The molecule has 0 saturated heterocycles. The highest BCUT2D eigenvalue weighted by Gasteiger charge is 2.10. The van der Waals surface area contributed by atoms with Gasteiger partial charge >= 0.3 is 0 Å². The van der Waals surface area contributed by atoms with E-state index in [1.165, 1.54) is 0 Å². The third-order valence-corrected chi connectivity index (χ3v) is 3.42. The van der Waals surface area contributed by atoms with Gasteiger partial charge in [0.05, 0.1) is 6.34 Å². The van der Waals surface area contributed by atoms with E-state index >= 15 is 0 Å². The quantitative estimate of drug-likeness (QED) is 0.506. The summed E-state index contributed by atoms with van der Waals surface area (Å²) in [6.45, 7) is 7.57. The van der Waals surface area contributed by atoms with E-state index in [0.717, 1.165) is 27.9 Å². The van der Waals surface area contributed by atoms with Crippen LogP contribution in [0, 0.1) is 13.8 Å². The van der Waals surface area contributed by atoms with E-state index in [0.29, 0.717) is 5.56 Å². The van der Waals surface area contributed by atoms with Gasteiger partial charge in [-0.05, 0) is 36.6 Å². The molecule has 0 spiro atoms. The summed E-state index contributed by atoms with van der Waals surface area (Å²) in [5.41, 5.74) is 5.74. The first-order chi connectivity index (χ1) is 10.0. The molecule has 21 heavy (non-hydrogen) atoms. The molecule has 1 aromatic carbocycles. The zero-order chi connectivity index (χ0) is 15.4. The number of hydrogen-bond donors (Lipinski definition) is 2. The monoisotopic (exact) mass is 281 g/mol. The van der Waals surface area contributed by atoms with E-state index in [1.54, 1.807) is 25.8 Å². The standard InChI is InChI=1S/C17H19N3O/c1-11-5-6-14(7-17(11)20-10-18-4)16-9-19-8-15(12(16)2)13(3)21/h5-10,21H,3H2,1-2,4H3,(H,18,20). The minimum Gasteiger partial charge on any atom is -0.508 e. The number of aryl methyl sites for hydroxylation is 1. The lowest BCUT2D eigenvalue weighted by molar-refractivity contribution is 0.513. The van der Waals surface area contributed by atoms with Gasteiger partial charge in [-0.2, -0.15) is 0 Å². The number of hydrogen-bond acceptors (Lipinski definition) is 3. The fourth-order valence-corrected chi connectivity index (χ4v) is 2.19. The number of aliphatic imine (C=N–C) groups is 1. The van der Waals surface area contributed by atoms with Crippen molar-refractivity contribution >= 4 is 17.8 Å². The second-order valence-corrected chi connectivity index (χ2v) is 4.87. The van der Waals surface area contributed by atoms with Gasteiger partial charge in [0.25, 0.3) is 0 Å². The molecule has 0 fully saturated rings. The molecular formula is C17H19N3O. The molecule has 2 aromatic rings. The maximum Gasteiger partial charge on any atom is 0.117 e. The van der Waals surface area contributed by atoms with Crippen molar-refractivity contribution in [1.82, 2.24) is 4.98 Å². The molecule has 4 heteroatoms. The van der Waals surface area contributed by atoms with Crippen LogP contribution in [0.1, 0.15) is 16.7 Å². The van der Waals surface area contributed by atoms with Gasteiger partial charge in [-0.25, -0.2) is 0 Å². The van der Waals surface area contributed by atoms with E-state index in [2.05, 4.69) is 21.9 Å². The van der Waals surface area contributed by atoms with Crippen molar-refractivity contribution in [3.05, 3.63) is 53.9 Å². The van der Waals surface area contributed by atoms with Crippen molar-refractivity contribution in [3.8, 4) is 11.1 Å². The Morgan fingerprint density at radius 1 is 1.33 bits per heavy atom. The molecule has 0 bridgehead atoms. The Morgan fingerprint density at radius 2 is 2.10 bits per heavy atom. The van der Waals surface area contributed by atoms with Gasteiger partial charge in [-0.1, -0.05) is 18.7 Å². The lowest BCUT2D eigenvalue weighted by atomic mass is 9.97. The Labute approximate surface area is 124 Å². The molecule has 1 heterocycles. The summed E-state index contributed by atoms with van der Waals surface area (Å²) in [7, 11) is 1.72. The fourth-order valence-electron chi connectivity index (χ4n) is 2.19. The van der Waals surface area contributed by atoms with Gasteiger partial charge in [0, 0.05) is 36.3 Å². The van der Waals surface area contributed by atoms with Crippen LogP contribution in [0.25, 0.3) is 16.9 Å². The third kappa shape index (κ3) is 3.11. The van der Waals surface area contributed by atoms with Crippen molar-refractivity contribution in [2.75, 3.05) is 12.4 Å². The summed E-state index contributed by atoms with van der Waals surface area (Å²) in [6.07, 6.45) is 5.08. The third-order valence-electron chi connectivity index (χ3n) is 3.42. The molecule has 0 aliphatic rings. The summed E-state index contributed by atoms with van der Waals surface area (Å²) >= 11 is 0. The van der Waals surface area contributed by atoms with Gasteiger partial charge in [-0.3, -0.25) is 9.98 Å². The first kappa shape index (κ1) is 14.8. The van der Waals surface area contributed by atoms with Crippen LogP contribution < -0.4 is 5.32 Å². The highest BCUT2D eigenvalue weighted by molar-refractivity contribution is 5.81. The molecule has 0 saturated carbocycles. The predicted molar refractivity (Wildman–Crippen MR) is 88.8 cm³/mol. The van der Waals surface area contributed by atoms with Gasteiger partial charge < -0.3 is 10.4 Å². The van der Waals surface area contributed by atoms with Crippen LogP contribution >= 0.6 is 0 Å². The Hall–Kier alpha value is -2.62. The molecule has 0 unspecified atom stereocenters. The second kappa shape index (κ2) is 6.22. The normalized spacial score (nSPS) is 10.8. The summed E-state index contributed by atoms with van der Waals surface area (Å²) < 4.78 is 0. The second-order valence-electron chi connectivity index (χ2n) is 4.87. The first-order valence-electron chi connectivity index (χ1n) is 6.65. The van der Waals surface area contributed by atoms with E-state index in [1.807, 2.05) is 32.0 Å². The van der Waals surface area contributed by atoms with Crippen LogP contribution in [-0.2, 0) is 0 Å². The summed E-state index contributed by atoms with van der Waals surface area (Å²) in [4.78, 5) is 8.13. The van der Waals surface area contributed by atoms with Crippen LogP contribution in [0.3, 0.4) is 0 Å². The van der Waals surface area contributed by atoms with E-state index in [9.17, 15) is 5.11 Å². The smallest absolute Gasteiger partial charge is 0.117 e. The minimum atomic E-state index is 0.0328. The van der Waals surface area contributed by atoms with Crippen molar-refractivity contribution in [1.29, 1.82) is 0 Å². The topological polar surface area (TPSA) is 57.5 Å². The maximum absolute atomic E-state index is 9.63. The molecule has 0 atom stereocenters. The van der Waals surface area contributed by atoms with Crippen LogP contribution in [0.4, 0.5) is 5.69 Å². The minimum absolute atomic E-state index is 0.0328. The Morgan fingerprint density at radius 3 is 2.76 bits per heavy atom. The number of aliphatic hydroxyl groups is 1. The van der Waals surface area contributed by atoms with Crippen LogP contribution in [0.15, 0.2) is 42.2 Å². The number of aliphatic hydroxyl groups excluding tert-OH is 1. The molecule has 4 nitrogen and oxygen atoms in total. The number of nitrogens with one attached hydrogen (secondary N) is 1. The highest BCUT2D eigenvalue weighted by atomic mass is 16.3. The van der Waals surface area contributed by atoms with E-state index < -0.39 is 0 Å². The Kier molecular flexibility index (Phi) is 4.38. The van der Waals surface area contributed by atoms with Gasteiger partial charge in [0.2, 0.25) is 0 Å². The first-order valence-corrected chi connectivity index (χ1v) is 6.65. The number of aromatic nitrogens is 1. The van der Waals surface area contributed by atoms with E-state index in [-0.39, 0.29) is 5.76 Å². The lowest BCUT2D eigenvalue weighted by Gasteiger charge is -2.12. The number of nitrogens with zero attached hydrogens (tertiary/aromatic N) is 2. The number of rotatable bonds is 4. The summed E-state index contributed by atoms with van der Waals surface area (Å²) in [6, 6.07) is 6.13. The van der Waals surface area contributed by atoms with Crippen molar-refractivity contribution in [3.63, 3.8) is 0 Å². The molecule has 1 aromatic heterocycles. The van der Waals surface area contributed by atoms with Crippen molar-refractivity contribution < 1.29 is 5.11 Å². The molecule has 0 aliphatic carbocycles. The number of benzene rings is 1. The lowest BCUT2D eigenvalue weighted by Crippen LogP contribution is -1.98. The SMILES string of the molecule is C=C(O)c1cncc(-c2ccc(C)c(NC=NC)c2)c1C. The van der Waals surface area contributed by atoms with Crippen LogP contribution in [0.5, 0.6) is 0 Å². The van der Waals surface area contributed by atoms with Crippen molar-refractivity contribution in [2.45, 2.75) is 13.8 Å². The maximum atomic E-state index is 9.63. The molecule has 2 N–H and O–H groups in total. The van der Waals surface area contributed by atoms with Crippen LogP contribution in [0.2, 0.25) is 0 Å². The predicted octanol–water partition coefficient (Wildman–Crippen LogP) is 3.96. The Bertz CT molecular complexity index is 705. The number of pyridine rings is 1. The average Bonchev–Trinajstić information content (AvgIpc) is 2.46. The van der Waals surface area contributed by atoms with Crippen molar-refractivity contribution in [2.24, 2.45) is 4.99 Å². The molecule has 0 radical (unpaired) electrons. The van der Waals surface area contributed by atoms with Gasteiger partial charge in [-0.15, -0.1) is 0 Å². The summed E-state index contributed by atoms with van der Waals surface area (Å²) in [5.74, 6) is 0.0328. The van der Waals surface area contributed by atoms with Gasteiger partial charge in [0.15, 0.2) is 0 Å². The molecule has 108 valence electrons. The summed E-state index contributed by atoms with van der Waals surface area (Å²) in [5, 5.41) is 12.8. The molecule has 0 aliphatic heterocycles. The van der Waals surface area contributed by atoms with Crippen LogP contribution in [-0.4, -0.2) is 23.5 Å². The highest BCUT2D eigenvalue weighted by Crippen LogP contribution is 2.30. The zero-order valence-electron chi connectivity index (χ0n) is 12.5. The molecule has 2 rings (SSSR count). The average molecular weight is 281 g/mol. The zero-order valence-corrected chi connectivity index (χ0v) is 12.5. The Balaban J connectivity index is 2.52. The molecule has 0 amide bonds. The molecular weight excluding hydrogens is 262 g/mol.